The first-order valence-corrected chi connectivity index (χ1v) is 8.88. The predicted octanol–water partition coefficient (Wildman–Crippen LogP) is 3.47. The van der Waals surface area contributed by atoms with E-state index in [-0.39, 0.29) is 6.09 Å². The number of carbonyl (C=O) groups excluding carboxylic acids is 1. The van der Waals surface area contributed by atoms with E-state index in [9.17, 15) is 4.79 Å². The lowest BCUT2D eigenvalue weighted by molar-refractivity contribution is 0.0584. The molecular formula is C19H22N6O2. The molecule has 0 aliphatic carbocycles. The molecule has 0 radical (unpaired) electrons. The highest BCUT2D eigenvalue weighted by atomic mass is 16.6. The summed E-state index contributed by atoms with van der Waals surface area (Å²) >= 11 is 0. The maximum Gasteiger partial charge on any atom is 0.414 e. The summed E-state index contributed by atoms with van der Waals surface area (Å²) < 4.78 is 7.16. The maximum atomic E-state index is 12.4. The monoisotopic (exact) mass is 366 g/mol. The molecule has 4 rings (SSSR count). The van der Waals surface area contributed by atoms with Crippen LogP contribution in [0.1, 0.15) is 32.0 Å². The fourth-order valence-corrected chi connectivity index (χ4v) is 3.15. The van der Waals surface area contributed by atoms with E-state index in [1.807, 2.05) is 45.9 Å². The number of nitrogens with zero attached hydrogens (tertiary/aromatic N) is 5. The molecule has 0 saturated carbocycles. The topological polar surface area (TPSA) is 84.7 Å². The second-order valence-electron chi connectivity index (χ2n) is 7.61. The largest absolute Gasteiger partial charge is 0.443 e. The van der Waals surface area contributed by atoms with Gasteiger partial charge in [0.25, 0.3) is 5.78 Å². The van der Waals surface area contributed by atoms with Crippen LogP contribution in [0.15, 0.2) is 30.6 Å². The van der Waals surface area contributed by atoms with Gasteiger partial charge in [-0.05, 0) is 57.9 Å². The lowest BCUT2D eigenvalue weighted by Gasteiger charge is -2.24. The minimum atomic E-state index is -0.510. The summed E-state index contributed by atoms with van der Waals surface area (Å²) in [5.41, 5.74) is 3.26. The van der Waals surface area contributed by atoms with Crippen LogP contribution in [0.25, 0.3) is 5.78 Å². The van der Waals surface area contributed by atoms with Crippen molar-refractivity contribution in [2.24, 2.45) is 0 Å². The van der Waals surface area contributed by atoms with Gasteiger partial charge in [-0.2, -0.15) is 14.6 Å². The first kappa shape index (κ1) is 17.3. The number of rotatable bonds is 2. The second-order valence-corrected chi connectivity index (χ2v) is 7.61. The highest BCUT2D eigenvalue weighted by molar-refractivity contribution is 5.91. The minimum absolute atomic E-state index is 0.309. The highest BCUT2D eigenvalue weighted by Gasteiger charge is 2.29. The van der Waals surface area contributed by atoms with E-state index >= 15 is 0 Å². The Morgan fingerprint density at radius 1 is 1.26 bits per heavy atom. The van der Waals surface area contributed by atoms with Gasteiger partial charge in [-0.25, -0.2) is 9.78 Å². The van der Waals surface area contributed by atoms with Crippen molar-refractivity contribution < 1.29 is 9.53 Å². The van der Waals surface area contributed by atoms with Gasteiger partial charge in [-0.3, -0.25) is 4.90 Å². The van der Waals surface area contributed by atoms with Gasteiger partial charge in [-0.15, -0.1) is 0 Å². The minimum Gasteiger partial charge on any atom is -0.443 e. The second kappa shape index (κ2) is 6.22. The van der Waals surface area contributed by atoms with Crippen LogP contribution in [0, 0.1) is 6.92 Å². The Bertz CT molecular complexity index is 1020. The zero-order chi connectivity index (χ0) is 19.2. The average Bonchev–Trinajstić information content (AvgIpc) is 3.19. The summed E-state index contributed by atoms with van der Waals surface area (Å²) in [4.78, 5) is 22.6. The number of ether oxygens (including phenoxy) is 1. The molecule has 0 spiro atoms. The molecule has 1 amide bonds. The highest BCUT2D eigenvalue weighted by Crippen LogP contribution is 2.32. The molecule has 3 heterocycles. The van der Waals surface area contributed by atoms with Gasteiger partial charge in [0.1, 0.15) is 17.7 Å². The van der Waals surface area contributed by atoms with Gasteiger partial charge < -0.3 is 10.1 Å². The van der Waals surface area contributed by atoms with E-state index in [1.165, 1.54) is 6.33 Å². The van der Waals surface area contributed by atoms with Crippen molar-refractivity contribution in [3.8, 4) is 0 Å². The first-order chi connectivity index (χ1) is 12.8. The van der Waals surface area contributed by atoms with Gasteiger partial charge in [0, 0.05) is 24.0 Å². The first-order valence-electron chi connectivity index (χ1n) is 8.88. The summed E-state index contributed by atoms with van der Waals surface area (Å²) in [5, 5.41) is 7.58. The fraction of sp³-hybridized carbons (Fsp3) is 0.368. The molecule has 1 aliphatic heterocycles. The van der Waals surface area contributed by atoms with Crippen molar-refractivity contribution in [2.75, 3.05) is 16.8 Å². The summed E-state index contributed by atoms with van der Waals surface area (Å²) in [6, 6.07) is 7.86. The van der Waals surface area contributed by atoms with Crippen LogP contribution in [0.3, 0.4) is 0 Å². The molecule has 140 valence electrons. The lowest BCUT2D eigenvalue weighted by atomic mass is 10.1. The summed E-state index contributed by atoms with van der Waals surface area (Å²) in [5.74, 6) is 1.34. The Morgan fingerprint density at radius 2 is 2.07 bits per heavy atom. The van der Waals surface area contributed by atoms with Crippen LogP contribution in [0.5, 0.6) is 0 Å². The molecule has 0 bridgehead atoms. The van der Waals surface area contributed by atoms with Crippen LogP contribution in [0.4, 0.5) is 22.0 Å². The van der Waals surface area contributed by atoms with Crippen molar-refractivity contribution >= 4 is 29.1 Å². The zero-order valence-electron chi connectivity index (χ0n) is 15.9. The average molecular weight is 366 g/mol. The molecule has 0 saturated heterocycles. The number of carbonyl (C=O) groups is 1. The van der Waals surface area contributed by atoms with Gasteiger partial charge >= 0.3 is 6.09 Å². The molecule has 8 heteroatoms. The number of aromatic nitrogens is 4. The number of hydrogen-bond donors (Lipinski definition) is 1. The van der Waals surface area contributed by atoms with E-state index in [0.29, 0.717) is 12.3 Å². The quantitative estimate of drug-likeness (QED) is 0.747. The molecule has 0 atom stereocenters. The van der Waals surface area contributed by atoms with Crippen molar-refractivity contribution in [1.29, 1.82) is 0 Å². The molecule has 8 nitrogen and oxygen atoms in total. The van der Waals surface area contributed by atoms with Crippen LogP contribution in [-0.2, 0) is 11.2 Å². The third-order valence-corrected chi connectivity index (χ3v) is 4.24. The van der Waals surface area contributed by atoms with E-state index in [0.717, 1.165) is 34.9 Å². The zero-order valence-corrected chi connectivity index (χ0v) is 15.9. The van der Waals surface area contributed by atoms with E-state index in [2.05, 4.69) is 26.4 Å². The Labute approximate surface area is 157 Å². The molecule has 1 aromatic carbocycles. The molecular weight excluding hydrogens is 344 g/mol. The molecule has 0 fully saturated rings. The van der Waals surface area contributed by atoms with Crippen LogP contribution < -0.4 is 10.2 Å². The Hall–Kier alpha value is -3.16. The molecule has 27 heavy (non-hydrogen) atoms. The number of hydrogen-bond acceptors (Lipinski definition) is 6. The standard InChI is InChI=1S/C19H22N6O2/c1-12-9-16(25-17(22-12)20-11-21-25)23-14-5-6-15-13(10-14)7-8-24(15)18(26)27-19(2,3)4/h5-6,9-11,23H,7-8H2,1-4H3. The smallest absolute Gasteiger partial charge is 0.414 e. The van der Waals surface area contributed by atoms with Crippen molar-refractivity contribution in [1.82, 2.24) is 19.6 Å². The number of benzene rings is 1. The predicted molar refractivity (Wildman–Crippen MR) is 103 cm³/mol. The van der Waals surface area contributed by atoms with Gasteiger partial charge in [0.05, 0.1) is 5.69 Å². The van der Waals surface area contributed by atoms with Crippen molar-refractivity contribution in [2.45, 2.75) is 39.7 Å². The van der Waals surface area contributed by atoms with Gasteiger partial charge in [-0.1, -0.05) is 0 Å². The van der Waals surface area contributed by atoms with E-state index in [1.54, 1.807) is 9.42 Å². The molecule has 1 aliphatic rings. The normalized spacial score (nSPS) is 13.7. The number of fused-ring (bicyclic) bond motifs is 2. The van der Waals surface area contributed by atoms with Crippen molar-refractivity contribution in [3.63, 3.8) is 0 Å². The third-order valence-electron chi connectivity index (χ3n) is 4.24. The lowest BCUT2D eigenvalue weighted by Crippen LogP contribution is -2.35. The summed E-state index contributed by atoms with van der Waals surface area (Å²) in [6.45, 7) is 8.15. The summed E-state index contributed by atoms with van der Waals surface area (Å²) in [7, 11) is 0. The Morgan fingerprint density at radius 3 is 2.85 bits per heavy atom. The molecule has 0 unspecified atom stereocenters. The van der Waals surface area contributed by atoms with Crippen LogP contribution in [0.2, 0.25) is 0 Å². The van der Waals surface area contributed by atoms with Gasteiger partial charge in [0.2, 0.25) is 0 Å². The SMILES string of the molecule is Cc1cc(Nc2ccc3c(c2)CCN3C(=O)OC(C)(C)C)n2ncnc2n1. The number of anilines is 3. The van der Waals surface area contributed by atoms with E-state index < -0.39 is 5.60 Å². The number of amides is 1. The number of nitrogens with one attached hydrogen (secondary N) is 1. The van der Waals surface area contributed by atoms with E-state index in [4.69, 9.17) is 4.74 Å². The number of aryl methyl sites for hydroxylation is 1. The molecule has 3 aromatic rings. The van der Waals surface area contributed by atoms with Crippen LogP contribution in [-0.4, -0.2) is 37.8 Å². The molecule has 2 aromatic heterocycles. The van der Waals surface area contributed by atoms with Crippen molar-refractivity contribution in [3.05, 3.63) is 41.9 Å². The summed E-state index contributed by atoms with van der Waals surface area (Å²) in [6.07, 6.45) is 1.96. The Kier molecular flexibility index (Phi) is 3.98. The Balaban J connectivity index is 1.59. The maximum absolute atomic E-state index is 12.4. The van der Waals surface area contributed by atoms with Crippen LogP contribution >= 0.6 is 0 Å². The van der Waals surface area contributed by atoms with Gasteiger partial charge in [0.15, 0.2) is 0 Å². The third kappa shape index (κ3) is 3.42. The molecule has 1 N–H and O–H groups in total. The fourth-order valence-electron chi connectivity index (χ4n) is 3.15.